The number of hydrogen-bond donors (Lipinski definition) is 0. The number of aromatic nitrogens is 2. The van der Waals surface area contributed by atoms with Crippen LogP contribution in [0.4, 0.5) is 0 Å². The molecule has 0 amide bonds. The predicted molar refractivity (Wildman–Crippen MR) is 89.8 cm³/mol. The fourth-order valence-electron chi connectivity index (χ4n) is 2.79. The number of ether oxygens (including phenoxy) is 1. The quantitative estimate of drug-likeness (QED) is 0.714. The van der Waals surface area contributed by atoms with Gasteiger partial charge in [-0.05, 0) is 48.2 Å². The second kappa shape index (κ2) is 5.84. The van der Waals surface area contributed by atoms with Crippen molar-refractivity contribution in [3.8, 4) is 5.75 Å². The van der Waals surface area contributed by atoms with E-state index in [9.17, 15) is 0 Å². The molecule has 0 saturated heterocycles. The van der Waals surface area contributed by atoms with Gasteiger partial charge in [-0.3, -0.25) is 0 Å². The van der Waals surface area contributed by atoms with Gasteiger partial charge in [0.15, 0.2) is 0 Å². The van der Waals surface area contributed by atoms with Crippen molar-refractivity contribution in [3.05, 3.63) is 65.2 Å². The molecule has 22 heavy (non-hydrogen) atoms. The van der Waals surface area contributed by atoms with Crippen LogP contribution in [0.3, 0.4) is 0 Å². The van der Waals surface area contributed by atoms with Crippen LogP contribution in [0.25, 0.3) is 5.52 Å². The topological polar surface area (TPSA) is 26.5 Å². The standard InChI is InChI=1S/C19H22N2O/c1-13(2)19-20-11-17-10-16(14(3)12-21(17)19)9-15-5-7-18(22-4)8-6-15/h5-8,10-13H,9H2,1-4H3. The maximum absolute atomic E-state index is 5.21. The van der Waals surface area contributed by atoms with Crippen LogP contribution in [-0.2, 0) is 6.42 Å². The average molecular weight is 294 g/mol. The summed E-state index contributed by atoms with van der Waals surface area (Å²) in [6.45, 7) is 6.52. The summed E-state index contributed by atoms with van der Waals surface area (Å²) in [5.74, 6) is 2.44. The molecule has 0 N–H and O–H groups in total. The highest BCUT2D eigenvalue weighted by Crippen LogP contribution is 2.22. The summed E-state index contributed by atoms with van der Waals surface area (Å²) in [5.41, 5.74) is 5.09. The van der Waals surface area contributed by atoms with E-state index < -0.39 is 0 Å². The number of aryl methyl sites for hydroxylation is 1. The SMILES string of the molecule is COc1ccc(Cc2cc3cnc(C(C)C)n3cc2C)cc1. The number of pyridine rings is 1. The summed E-state index contributed by atoms with van der Waals surface area (Å²) in [6, 6.07) is 10.5. The van der Waals surface area contributed by atoms with Crippen molar-refractivity contribution >= 4 is 5.52 Å². The Bertz CT molecular complexity index is 785. The van der Waals surface area contributed by atoms with E-state index >= 15 is 0 Å². The first kappa shape index (κ1) is 14.6. The third-order valence-electron chi connectivity index (χ3n) is 4.08. The molecule has 0 unspecified atom stereocenters. The van der Waals surface area contributed by atoms with Gasteiger partial charge in [-0.15, -0.1) is 0 Å². The maximum Gasteiger partial charge on any atom is 0.118 e. The summed E-state index contributed by atoms with van der Waals surface area (Å²) in [7, 11) is 1.69. The number of nitrogens with zero attached hydrogens (tertiary/aromatic N) is 2. The van der Waals surface area contributed by atoms with E-state index in [0.29, 0.717) is 5.92 Å². The number of fused-ring (bicyclic) bond motifs is 1. The Hall–Kier alpha value is -2.29. The van der Waals surface area contributed by atoms with Crippen molar-refractivity contribution in [1.29, 1.82) is 0 Å². The number of hydrogen-bond acceptors (Lipinski definition) is 2. The Morgan fingerprint density at radius 3 is 2.55 bits per heavy atom. The van der Waals surface area contributed by atoms with E-state index in [1.807, 2.05) is 18.3 Å². The minimum absolute atomic E-state index is 0.425. The molecule has 0 radical (unpaired) electrons. The Balaban J connectivity index is 1.95. The van der Waals surface area contributed by atoms with Gasteiger partial charge in [-0.1, -0.05) is 26.0 Å². The zero-order valence-corrected chi connectivity index (χ0v) is 13.6. The van der Waals surface area contributed by atoms with Gasteiger partial charge in [0.2, 0.25) is 0 Å². The number of imidazole rings is 1. The van der Waals surface area contributed by atoms with E-state index in [-0.39, 0.29) is 0 Å². The third-order valence-corrected chi connectivity index (χ3v) is 4.08. The summed E-state index contributed by atoms with van der Waals surface area (Å²) in [4.78, 5) is 4.55. The monoisotopic (exact) mass is 294 g/mol. The first-order valence-electron chi connectivity index (χ1n) is 7.68. The Morgan fingerprint density at radius 2 is 1.91 bits per heavy atom. The van der Waals surface area contributed by atoms with Gasteiger partial charge in [0.1, 0.15) is 11.6 Å². The van der Waals surface area contributed by atoms with Gasteiger partial charge in [-0.2, -0.15) is 0 Å². The molecule has 0 saturated carbocycles. The molecule has 0 bridgehead atoms. The molecular weight excluding hydrogens is 272 g/mol. The van der Waals surface area contributed by atoms with Crippen LogP contribution in [-0.4, -0.2) is 16.5 Å². The van der Waals surface area contributed by atoms with Crippen molar-refractivity contribution in [2.24, 2.45) is 0 Å². The highest BCUT2D eigenvalue weighted by atomic mass is 16.5. The largest absolute Gasteiger partial charge is 0.497 e. The van der Waals surface area contributed by atoms with Crippen LogP contribution in [0.2, 0.25) is 0 Å². The van der Waals surface area contributed by atoms with Gasteiger partial charge < -0.3 is 9.14 Å². The lowest BCUT2D eigenvalue weighted by atomic mass is 10.0. The van der Waals surface area contributed by atoms with E-state index in [2.05, 4.69) is 54.6 Å². The molecule has 0 fully saturated rings. The van der Waals surface area contributed by atoms with Crippen LogP contribution < -0.4 is 4.74 Å². The molecule has 0 aliphatic carbocycles. The summed E-state index contributed by atoms with van der Waals surface area (Å²) < 4.78 is 7.42. The van der Waals surface area contributed by atoms with Gasteiger partial charge in [0.25, 0.3) is 0 Å². The first-order chi connectivity index (χ1) is 10.6. The van der Waals surface area contributed by atoms with Crippen molar-refractivity contribution in [1.82, 2.24) is 9.38 Å². The van der Waals surface area contributed by atoms with Gasteiger partial charge >= 0.3 is 0 Å². The van der Waals surface area contributed by atoms with Crippen molar-refractivity contribution in [2.75, 3.05) is 7.11 Å². The lowest BCUT2D eigenvalue weighted by Gasteiger charge is -2.10. The molecule has 3 rings (SSSR count). The average Bonchev–Trinajstić information content (AvgIpc) is 2.91. The Kier molecular flexibility index (Phi) is 3.88. The van der Waals surface area contributed by atoms with Crippen LogP contribution in [0.1, 0.15) is 42.3 Å². The third kappa shape index (κ3) is 2.71. The smallest absolute Gasteiger partial charge is 0.118 e. The molecule has 1 aromatic carbocycles. The fourth-order valence-corrected chi connectivity index (χ4v) is 2.79. The molecule has 3 heteroatoms. The normalized spacial score (nSPS) is 11.3. The van der Waals surface area contributed by atoms with Crippen LogP contribution in [0.15, 0.2) is 42.7 Å². The maximum atomic E-state index is 5.21. The molecule has 2 aromatic heterocycles. The molecular formula is C19H22N2O. The van der Waals surface area contributed by atoms with Crippen LogP contribution in [0.5, 0.6) is 5.75 Å². The minimum Gasteiger partial charge on any atom is -0.497 e. The van der Waals surface area contributed by atoms with Crippen molar-refractivity contribution < 1.29 is 4.74 Å². The van der Waals surface area contributed by atoms with E-state index in [4.69, 9.17) is 4.74 Å². The lowest BCUT2D eigenvalue weighted by molar-refractivity contribution is 0.414. The Labute approximate surface area is 131 Å². The van der Waals surface area contributed by atoms with Gasteiger partial charge in [-0.25, -0.2) is 4.98 Å². The van der Waals surface area contributed by atoms with E-state index in [0.717, 1.165) is 23.5 Å². The molecule has 0 spiro atoms. The van der Waals surface area contributed by atoms with Crippen LogP contribution >= 0.6 is 0 Å². The molecule has 0 atom stereocenters. The zero-order chi connectivity index (χ0) is 15.7. The fraction of sp³-hybridized carbons (Fsp3) is 0.316. The predicted octanol–water partition coefficient (Wildman–Crippen LogP) is 4.37. The number of benzene rings is 1. The lowest BCUT2D eigenvalue weighted by Crippen LogP contribution is -2.00. The molecule has 0 aliphatic rings. The molecule has 2 heterocycles. The van der Waals surface area contributed by atoms with Gasteiger partial charge in [0.05, 0.1) is 18.8 Å². The van der Waals surface area contributed by atoms with Crippen molar-refractivity contribution in [3.63, 3.8) is 0 Å². The summed E-state index contributed by atoms with van der Waals surface area (Å²) in [5, 5.41) is 0. The first-order valence-corrected chi connectivity index (χ1v) is 7.68. The summed E-state index contributed by atoms with van der Waals surface area (Å²) in [6.07, 6.45) is 5.09. The van der Waals surface area contributed by atoms with E-state index in [1.165, 1.54) is 16.7 Å². The molecule has 114 valence electrons. The molecule has 3 aromatic rings. The van der Waals surface area contributed by atoms with Crippen LogP contribution in [0, 0.1) is 6.92 Å². The molecule has 3 nitrogen and oxygen atoms in total. The zero-order valence-electron chi connectivity index (χ0n) is 13.6. The second-order valence-electron chi connectivity index (χ2n) is 6.07. The number of methoxy groups -OCH3 is 1. The minimum atomic E-state index is 0.425. The highest BCUT2D eigenvalue weighted by molar-refractivity contribution is 5.52. The van der Waals surface area contributed by atoms with Crippen molar-refractivity contribution in [2.45, 2.75) is 33.1 Å². The Morgan fingerprint density at radius 1 is 1.18 bits per heavy atom. The summed E-state index contributed by atoms with van der Waals surface area (Å²) >= 11 is 0. The molecule has 0 aliphatic heterocycles. The second-order valence-corrected chi connectivity index (χ2v) is 6.07. The highest BCUT2D eigenvalue weighted by Gasteiger charge is 2.10. The van der Waals surface area contributed by atoms with Gasteiger partial charge in [0, 0.05) is 12.1 Å². The van der Waals surface area contributed by atoms with E-state index in [1.54, 1.807) is 7.11 Å². The number of rotatable bonds is 4.